The molecule has 0 aromatic carbocycles. The van der Waals surface area contributed by atoms with Crippen molar-refractivity contribution in [2.75, 3.05) is 26.2 Å². The van der Waals surface area contributed by atoms with Gasteiger partial charge in [-0.2, -0.15) is 0 Å². The minimum absolute atomic E-state index is 0.0428. The number of pyridine rings is 1. The second kappa shape index (κ2) is 7.95. The van der Waals surface area contributed by atoms with Gasteiger partial charge in [-0.3, -0.25) is 14.6 Å². The SMILES string of the molecule is Cc1nnsc1C(=O)N1CCC2(CCC(=O)N(CCc3ccccn3)C2)CC1. The second-order valence-corrected chi connectivity index (χ2v) is 8.62. The Morgan fingerprint density at radius 2 is 2.07 bits per heavy atom. The average molecular weight is 400 g/mol. The van der Waals surface area contributed by atoms with Crippen LogP contribution in [0.2, 0.25) is 0 Å². The number of hydrogen-bond donors (Lipinski definition) is 0. The molecule has 2 saturated heterocycles. The molecule has 0 atom stereocenters. The Hall–Kier alpha value is -2.35. The highest BCUT2D eigenvalue weighted by atomic mass is 32.1. The minimum Gasteiger partial charge on any atom is -0.342 e. The number of carbonyl (C=O) groups excluding carboxylic acids is 2. The van der Waals surface area contributed by atoms with Gasteiger partial charge in [0.05, 0.1) is 5.69 Å². The minimum atomic E-state index is 0.0428. The van der Waals surface area contributed by atoms with Crippen LogP contribution in [-0.4, -0.2) is 62.4 Å². The maximum atomic E-state index is 12.7. The van der Waals surface area contributed by atoms with Crippen LogP contribution in [0.4, 0.5) is 0 Å². The average Bonchev–Trinajstić information content (AvgIpc) is 3.16. The third-order valence-electron chi connectivity index (χ3n) is 6.07. The molecule has 0 bridgehead atoms. The summed E-state index contributed by atoms with van der Waals surface area (Å²) in [7, 11) is 0. The number of carbonyl (C=O) groups is 2. The number of aromatic nitrogens is 3. The van der Waals surface area contributed by atoms with Crippen LogP contribution in [0.15, 0.2) is 24.4 Å². The smallest absolute Gasteiger partial charge is 0.267 e. The van der Waals surface area contributed by atoms with Gasteiger partial charge >= 0.3 is 0 Å². The maximum Gasteiger partial charge on any atom is 0.267 e. The molecule has 4 heterocycles. The lowest BCUT2D eigenvalue weighted by molar-refractivity contribution is -0.138. The number of aryl methyl sites for hydroxylation is 1. The molecule has 0 unspecified atom stereocenters. The van der Waals surface area contributed by atoms with Crippen molar-refractivity contribution >= 4 is 23.3 Å². The van der Waals surface area contributed by atoms with Gasteiger partial charge in [0.25, 0.3) is 5.91 Å². The van der Waals surface area contributed by atoms with Crippen LogP contribution < -0.4 is 0 Å². The summed E-state index contributed by atoms with van der Waals surface area (Å²) >= 11 is 1.17. The fourth-order valence-corrected chi connectivity index (χ4v) is 4.89. The molecule has 1 spiro atoms. The standard InChI is InChI=1S/C20H25N5O2S/c1-15-18(28-23-22-15)19(27)24-12-8-20(9-13-24)7-5-17(26)25(14-20)11-6-16-4-2-3-10-21-16/h2-4,10H,5-9,11-14H2,1H3. The number of hydrogen-bond acceptors (Lipinski definition) is 6. The molecule has 4 rings (SSSR count). The molecule has 8 heteroatoms. The zero-order valence-electron chi connectivity index (χ0n) is 16.1. The van der Waals surface area contributed by atoms with Crippen LogP contribution >= 0.6 is 11.5 Å². The van der Waals surface area contributed by atoms with E-state index in [4.69, 9.17) is 0 Å². The lowest BCUT2D eigenvalue weighted by atomic mass is 9.72. The van der Waals surface area contributed by atoms with Crippen molar-refractivity contribution in [3.05, 3.63) is 40.7 Å². The molecule has 2 fully saturated rings. The van der Waals surface area contributed by atoms with E-state index < -0.39 is 0 Å². The van der Waals surface area contributed by atoms with Crippen LogP contribution in [0.5, 0.6) is 0 Å². The predicted octanol–water partition coefficient (Wildman–Crippen LogP) is 2.33. The summed E-state index contributed by atoms with van der Waals surface area (Å²) in [5.74, 6) is 0.285. The highest BCUT2D eigenvalue weighted by Crippen LogP contribution is 2.40. The highest BCUT2D eigenvalue weighted by molar-refractivity contribution is 7.07. The van der Waals surface area contributed by atoms with Gasteiger partial charge in [0, 0.05) is 50.9 Å². The van der Waals surface area contributed by atoms with Gasteiger partial charge in [-0.25, -0.2) is 0 Å². The van der Waals surface area contributed by atoms with E-state index in [1.54, 1.807) is 6.20 Å². The van der Waals surface area contributed by atoms with Crippen LogP contribution in [0.3, 0.4) is 0 Å². The van der Waals surface area contributed by atoms with Crippen LogP contribution in [0, 0.1) is 12.3 Å². The first kappa shape index (κ1) is 19.0. The van der Waals surface area contributed by atoms with Gasteiger partial charge in [0.1, 0.15) is 4.88 Å². The van der Waals surface area contributed by atoms with E-state index in [1.165, 1.54) is 11.5 Å². The summed E-state index contributed by atoms with van der Waals surface area (Å²) in [6.45, 7) is 4.80. The first-order valence-corrected chi connectivity index (χ1v) is 10.6. The predicted molar refractivity (Wildman–Crippen MR) is 106 cm³/mol. The van der Waals surface area contributed by atoms with Gasteiger partial charge in [-0.15, -0.1) is 5.10 Å². The zero-order chi connectivity index (χ0) is 19.6. The summed E-state index contributed by atoms with van der Waals surface area (Å²) in [6, 6.07) is 5.89. The van der Waals surface area contributed by atoms with Crippen molar-refractivity contribution in [1.82, 2.24) is 24.4 Å². The number of likely N-dealkylation sites (tertiary alicyclic amines) is 2. The molecule has 2 amide bonds. The van der Waals surface area contributed by atoms with E-state index in [0.29, 0.717) is 23.5 Å². The number of rotatable bonds is 4. The monoisotopic (exact) mass is 399 g/mol. The molecule has 2 aliphatic heterocycles. The third-order valence-corrected chi connectivity index (χ3v) is 6.89. The van der Waals surface area contributed by atoms with Crippen molar-refractivity contribution in [1.29, 1.82) is 0 Å². The van der Waals surface area contributed by atoms with E-state index >= 15 is 0 Å². The van der Waals surface area contributed by atoms with Gasteiger partial charge in [-0.1, -0.05) is 10.6 Å². The molecule has 28 heavy (non-hydrogen) atoms. The van der Waals surface area contributed by atoms with Crippen LogP contribution in [-0.2, 0) is 11.2 Å². The molecular weight excluding hydrogens is 374 g/mol. The Labute approximate surface area is 168 Å². The molecule has 0 radical (unpaired) electrons. The Morgan fingerprint density at radius 3 is 2.75 bits per heavy atom. The molecule has 7 nitrogen and oxygen atoms in total. The largest absolute Gasteiger partial charge is 0.342 e. The Morgan fingerprint density at radius 1 is 1.25 bits per heavy atom. The fraction of sp³-hybridized carbons (Fsp3) is 0.550. The number of nitrogens with zero attached hydrogens (tertiary/aromatic N) is 5. The van der Waals surface area contributed by atoms with Crippen LogP contribution in [0.25, 0.3) is 0 Å². The molecule has 148 valence electrons. The van der Waals surface area contributed by atoms with Gasteiger partial charge in [0.2, 0.25) is 5.91 Å². The normalized spacial score (nSPS) is 19.2. The van der Waals surface area contributed by atoms with Crippen molar-refractivity contribution in [2.45, 2.75) is 39.0 Å². The second-order valence-electron chi connectivity index (χ2n) is 7.87. The van der Waals surface area contributed by atoms with E-state index in [2.05, 4.69) is 14.6 Å². The Balaban J connectivity index is 1.36. The van der Waals surface area contributed by atoms with Crippen molar-refractivity contribution in [3.63, 3.8) is 0 Å². The summed E-state index contributed by atoms with van der Waals surface area (Å²) in [5.41, 5.74) is 1.86. The Bertz CT molecular complexity index is 845. The van der Waals surface area contributed by atoms with E-state index in [9.17, 15) is 9.59 Å². The molecule has 2 aromatic heterocycles. The summed E-state index contributed by atoms with van der Waals surface area (Å²) in [6.07, 6.45) is 5.99. The first-order chi connectivity index (χ1) is 13.6. The number of piperidine rings is 2. The lowest BCUT2D eigenvalue weighted by Gasteiger charge is -2.47. The third kappa shape index (κ3) is 3.92. The molecule has 0 aliphatic carbocycles. The number of amides is 2. The van der Waals surface area contributed by atoms with Gasteiger partial charge < -0.3 is 9.80 Å². The van der Waals surface area contributed by atoms with Crippen molar-refractivity contribution in [3.8, 4) is 0 Å². The van der Waals surface area contributed by atoms with Gasteiger partial charge in [-0.05, 0) is 55.3 Å². The van der Waals surface area contributed by atoms with Crippen molar-refractivity contribution in [2.24, 2.45) is 5.41 Å². The van der Waals surface area contributed by atoms with E-state index in [1.807, 2.05) is 34.9 Å². The topological polar surface area (TPSA) is 79.3 Å². The highest BCUT2D eigenvalue weighted by Gasteiger charge is 2.42. The van der Waals surface area contributed by atoms with Crippen molar-refractivity contribution < 1.29 is 9.59 Å². The van der Waals surface area contributed by atoms with E-state index in [0.717, 1.165) is 51.0 Å². The fourth-order valence-electron chi connectivity index (χ4n) is 4.27. The summed E-state index contributed by atoms with van der Waals surface area (Å²) in [5, 5.41) is 3.95. The van der Waals surface area contributed by atoms with Crippen LogP contribution in [0.1, 0.15) is 46.7 Å². The van der Waals surface area contributed by atoms with E-state index in [-0.39, 0.29) is 17.2 Å². The molecular formula is C20H25N5O2S. The molecule has 2 aromatic rings. The molecule has 0 saturated carbocycles. The maximum absolute atomic E-state index is 12.7. The lowest BCUT2D eigenvalue weighted by Crippen LogP contribution is -2.52. The molecule has 2 aliphatic rings. The van der Waals surface area contributed by atoms with Gasteiger partial charge in [0.15, 0.2) is 0 Å². The first-order valence-electron chi connectivity index (χ1n) is 9.82. The zero-order valence-corrected chi connectivity index (χ0v) is 17.0. The summed E-state index contributed by atoms with van der Waals surface area (Å²) in [4.78, 5) is 34.1. The quantitative estimate of drug-likeness (QED) is 0.788. The Kier molecular flexibility index (Phi) is 5.39. The molecule has 0 N–H and O–H groups in total. The summed E-state index contributed by atoms with van der Waals surface area (Å²) < 4.78 is 3.88.